The second-order valence-electron chi connectivity index (χ2n) is 3.74. The van der Waals surface area contributed by atoms with Gasteiger partial charge in [-0.25, -0.2) is 9.18 Å². The lowest BCUT2D eigenvalue weighted by molar-refractivity contribution is -0.118. The van der Waals surface area contributed by atoms with E-state index in [0.717, 1.165) is 6.07 Å². The van der Waals surface area contributed by atoms with Gasteiger partial charge in [0.25, 0.3) is 0 Å². The van der Waals surface area contributed by atoms with Crippen LogP contribution in [0.5, 0.6) is 0 Å². The van der Waals surface area contributed by atoms with E-state index in [1.54, 1.807) is 0 Å². The number of carbonyl (C=O) groups excluding carboxylic acids is 2. The average Bonchev–Trinajstić information content (AvgIpc) is 2.40. The van der Waals surface area contributed by atoms with E-state index >= 15 is 0 Å². The van der Waals surface area contributed by atoms with Gasteiger partial charge in [-0.1, -0.05) is 0 Å². The van der Waals surface area contributed by atoms with E-state index in [9.17, 15) is 14.0 Å². The lowest BCUT2D eigenvalue weighted by Crippen LogP contribution is -2.39. The summed E-state index contributed by atoms with van der Waals surface area (Å²) in [5.41, 5.74) is 5.48. The zero-order chi connectivity index (χ0) is 14.4. The van der Waals surface area contributed by atoms with E-state index in [1.807, 2.05) is 0 Å². The molecule has 1 rings (SSSR count). The zero-order valence-electron chi connectivity index (χ0n) is 11.0. The molecular weight excluding hydrogens is 291 g/mol. The molecular formula is C12H16ClFN2O4. The molecule has 0 heterocycles. The number of anilines is 1. The van der Waals surface area contributed by atoms with Gasteiger partial charge in [-0.05, 0) is 18.2 Å². The van der Waals surface area contributed by atoms with Gasteiger partial charge in [0.15, 0.2) is 0 Å². The number of esters is 1. The van der Waals surface area contributed by atoms with Gasteiger partial charge in [-0.15, -0.1) is 12.4 Å². The van der Waals surface area contributed by atoms with E-state index in [4.69, 9.17) is 10.5 Å². The molecule has 3 N–H and O–H groups in total. The SMILES string of the molecule is COCC(N)C(=O)Nc1cc(C(=O)OC)ccc1F.Cl. The molecule has 0 saturated carbocycles. The highest BCUT2D eigenvalue weighted by atomic mass is 35.5. The van der Waals surface area contributed by atoms with Gasteiger partial charge in [0, 0.05) is 7.11 Å². The number of nitrogens with two attached hydrogens (primary N) is 1. The van der Waals surface area contributed by atoms with Crippen molar-refractivity contribution in [3.05, 3.63) is 29.6 Å². The van der Waals surface area contributed by atoms with Crippen molar-refractivity contribution in [2.45, 2.75) is 6.04 Å². The Kier molecular flexibility index (Phi) is 7.75. The number of hydrogen-bond donors (Lipinski definition) is 2. The molecule has 20 heavy (non-hydrogen) atoms. The van der Waals surface area contributed by atoms with Crippen LogP contribution in [0.1, 0.15) is 10.4 Å². The van der Waals surface area contributed by atoms with E-state index in [0.29, 0.717) is 0 Å². The molecule has 1 atom stereocenters. The number of carbonyl (C=O) groups is 2. The number of rotatable bonds is 5. The maximum absolute atomic E-state index is 13.5. The summed E-state index contributed by atoms with van der Waals surface area (Å²) in [6, 6.07) is 2.57. The standard InChI is InChI=1S/C12H15FN2O4.ClH/c1-18-6-9(14)11(16)15-10-5-7(12(17)19-2)3-4-8(10)13;/h3-5,9H,6,14H2,1-2H3,(H,15,16);1H. The normalized spacial score (nSPS) is 11.2. The van der Waals surface area contributed by atoms with Crippen LogP contribution in [0.25, 0.3) is 0 Å². The Labute approximate surface area is 121 Å². The molecule has 1 unspecified atom stereocenters. The van der Waals surface area contributed by atoms with Crippen molar-refractivity contribution in [3.63, 3.8) is 0 Å². The van der Waals surface area contributed by atoms with Gasteiger partial charge in [0.1, 0.15) is 11.9 Å². The van der Waals surface area contributed by atoms with Crippen LogP contribution in [-0.4, -0.2) is 38.7 Å². The minimum absolute atomic E-state index is 0. The third kappa shape index (κ3) is 4.76. The maximum Gasteiger partial charge on any atom is 0.337 e. The summed E-state index contributed by atoms with van der Waals surface area (Å²) in [7, 11) is 2.60. The van der Waals surface area contributed by atoms with Gasteiger partial charge in [0.2, 0.25) is 5.91 Å². The minimum Gasteiger partial charge on any atom is -0.465 e. The smallest absolute Gasteiger partial charge is 0.337 e. The fourth-order valence-corrected chi connectivity index (χ4v) is 1.35. The Morgan fingerprint density at radius 1 is 1.40 bits per heavy atom. The van der Waals surface area contributed by atoms with E-state index in [-0.39, 0.29) is 30.3 Å². The first kappa shape index (κ1) is 18.3. The van der Waals surface area contributed by atoms with Crippen LogP contribution in [0, 0.1) is 5.82 Å². The highest BCUT2D eigenvalue weighted by Crippen LogP contribution is 2.17. The van der Waals surface area contributed by atoms with Crippen molar-refractivity contribution in [3.8, 4) is 0 Å². The Morgan fingerprint density at radius 2 is 2.05 bits per heavy atom. The first-order valence-electron chi connectivity index (χ1n) is 5.42. The second-order valence-corrected chi connectivity index (χ2v) is 3.74. The average molecular weight is 307 g/mol. The highest BCUT2D eigenvalue weighted by Gasteiger charge is 2.16. The minimum atomic E-state index is -0.925. The molecule has 0 spiro atoms. The first-order valence-corrected chi connectivity index (χ1v) is 5.42. The van der Waals surface area contributed by atoms with Crippen LogP contribution < -0.4 is 11.1 Å². The summed E-state index contributed by atoms with van der Waals surface area (Å²) >= 11 is 0. The van der Waals surface area contributed by atoms with Crippen molar-refractivity contribution < 1.29 is 23.5 Å². The number of halogens is 2. The lowest BCUT2D eigenvalue weighted by atomic mass is 10.2. The summed E-state index contributed by atoms with van der Waals surface area (Å²) in [6.07, 6.45) is 0. The number of ether oxygens (including phenoxy) is 2. The van der Waals surface area contributed by atoms with Crippen LogP contribution in [0.15, 0.2) is 18.2 Å². The molecule has 0 radical (unpaired) electrons. The molecule has 0 fully saturated rings. The van der Waals surface area contributed by atoms with Crippen LogP contribution in [0.4, 0.5) is 10.1 Å². The van der Waals surface area contributed by atoms with Crippen molar-refractivity contribution in [2.24, 2.45) is 5.73 Å². The fourth-order valence-electron chi connectivity index (χ4n) is 1.35. The Balaban J connectivity index is 0.00000361. The van der Waals surface area contributed by atoms with Crippen molar-refractivity contribution in [1.82, 2.24) is 0 Å². The number of nitrogens with one attached hydrogen (secondary N) is 1. The molecule has 0 aliphatic heterocycles. The molecule has 8 heteroatoms. The summed E-state index contributed by atoms with van der Waals surface area (Å²) in [5, 5.41) is 2.29. The highest BCUT2D eigenvalue weighted by molar-refractivity contribution is 5.97. The number of methoxy groups -OCH3 is 2. The zero-order valence-corrected chi connectivity index (χ0v) is 11.8. The Bertz CT molecular complexity index is 485. The largest absolute Gasteiger partial charge is 0.465 e. The van der Waals surface area contributed by atoms with Gasteiger partial charge < -0.3 is 20.5 Å². The molecule has 0 aliphatic rings. The molecule has 0 saturated heterocycles. The molecule has 6 nitrogen and oxygen atoms in total. The van der Waals surface area contributed by atoms with Crippen molar-refractivity contribution >= 4 is 30.0 Å². The summed E-state index contributed by atoms with van der Waals surface area (Å²) in [6.45, 7) is 0.00411. The lowest BCUT2D eigenvalue weighted by Gasteiger charge is -2.12. The number of amides is 1. The predicted octanol–water partition coefficient (Wildman–Crippen LogP) is 0.946. The van der Waals surface area contributed by atoms with E-state index in [2.05, 4.69) is 10.1 Å². The van der Waals surface area contributed by atoms with Gasteiger partial charge in [-0.3, -0.25) is 4.79 Å². The van der Waals surface area contributed by atoms with Gasteiger partial charge in [0.05, 0.1) is 25.0 Å². The molecule has 112 valence electrons. The van der Waals surface area contributed by atoms with Crippen LogP contribution in [-0.2, 0) is 14.3 Å². The Morgan fingerprint density at radius 3 is 2.60 bits per heavy atom. The molecule has 1 aromatic carbocycles. The van der Waals surface area contributed by atoms with Crippen LogP contribution in [0.2, 0.25) is 0 Å². The quantitative estimate of drug-likeness (QED) is 0.790. The molecule has 0 aromatic heterocycles. The fraction of sp³-hybridized carbons (Fsp3) is 0.333. The van der Waals surface area contributed by atoms with Gasteiger partial charge >= 0.3 is 5.97 Å². The topological polar surface area (TPSA) is 90.6 Å². The third-order valence-electron chi connectivity index (χ3n) is 2.33. The number of benzene rings is 1. The van der Waals surface area contributed by atoms with Crippen molar-refractivity contribution in [2.75, 3.05) is 26.1 Å². The van der Waals surface area contributed by atoms with Gasteiger partial charge in [-0.2, -0.15) is 0 Å². The van der Waals surface area contributed by atoms with E-state index in [1.165, 1.54) is 26.4 Å². The molecule has 1 amide bonds. The summed E-state index contributed by atoms with van der Waals surface area (Å²) in [4.78, 5) is 22.9. The van der Waals surface area contributed by atoms with Crippen LogP contribution >= 0.6 is 12.4 Å². The van der Waals surface area contributed by atoms with Crippen LogP contribution in [0.3, 0.4) is 0 Å². The predicted molar refractivity (Wildman–Crippen MR) is 73.5 cm³/mol. The molecule has 0 bridgehead atoms. The Hall–Kier alpha value is -1.70. The molecule has 1 aromatic rings. The third-order valence-corrected chi connectivity index (χ3v) is 2.33. The number of hydrogen-bond acceptors (Lipinski definition) is 5. The first-order chi connectivity index (χ1) is 8.99. The van der Waals surface area contributed by atoms with Crippen molar-refractivity contribution in [1.29, 1.82) is 0 Å². The summed E-state index contributed by atoms with van der Waals surface area (Å²) < 4.78 is 22.7. The maximum atomic E-state index is 13.5. The second kappa shape index (κ2) is 8.47. The summed E-state index contributed by atoms with van der Waals surface area (Å²) in [5.74, 6) is -1.91. The molecule has 0 aliphatic carbocycles. The van der Waals surface area contributed by atoms with E-state index < -0.39 is 23.7 Å². The monoisotopic (exact) mass is 306 g/mol.